The van der Waals surface area contributed by atoms with Gasteiger partial charge in [-0.3, -0.25) is 9.59 Å². The van der Waals surface area contributed by atoms with Gasteiger partial charge in [0, 0.05) is 48.7 Å². The summed E-state index contributed by atoms with van der Waals surface area (Å²) in [6.45, 7) is 3.36. The largest absolute Gasteiger partial charge is 0.367 e. The van der Waals surface area contributed by atoms with Crippen molar-refractivity contribution in [2.24, 2.45) is 0 Å². The van der Waals surface area contributed by atoms with Crippen LogP contribution in [0.2, 0.25) is 0 Å². The molecule has 176 valence electrons. The third-order valence-electron chi connectivity index (χ3n) is 6.47. The Kier molecular flexibility index (Phi) is 6.02. The van der Waals surface area contributed by atoms with Crippen LogP contribution in [0.3, 0.4) is 0 Å². The van der Waals surface area contributed by atoms with E-state index < -0.39 is 0 Å². The van der Waals surface area contributed by atoms with Crippen molar-refractivity contribution in [3.63, 3.8) is 0 Å². The Bertz CT molecular complexity index is 1270. The molecular formula is C26H25N7O2. The summed E-state index contributed by atoms with van der Waals surface area (Å²) in [7, 11) is 0. The average Bonchev–Trinajstić information content (AvgIpc) is 2.87. The maximum atomic E-state index is 12.0. The van der Waals surface area contributed by atoms with Crippen LogP contribution in [0.5, 0.6) is 0 Å². The predicted molar refractivity (Wildman–Crippen MR) is 132 cm³/mol. The van der Waals surface area contributed by atoms with Gasteiger partial charge in [-0.1, -0.05) is 12.1 Å². The Balaban J connectivity index is 1.23. The second kappa shape index (κ2) is 9.43. The van der Waals surface area contributed by atoms with Crippen LogP contribution in [0, 0.1) is 11.3 Å². The van der Waals surface area contributed by atoms with E-state index >= 15 is 0 Å². The third kappa shape index (κ3) is 4.64. The van der Waals surface area contributed by atoms with Crippen molar-refractivity contribution >= 4 is 29.1 Å². The minimum atomic E-state index is -0.288. The van der Waals surface area contributed by atoms with E-state index in [-0.39, 0.29) is 18.4 Å². The number of aromatic nitrogens is 2. The van der Waals surface area contributed by atoms with Gasteiger partial charge in [0.05, 0.1) is 23.8 Å². The zero-order chi connectivity index (χ0) is 24.4. The number of fused-ring (bicyclic) bond motifs is 2. The first kappa shape index (κ1) is 22.3. The Labute approximate surface area is 203 Å². The van der Waals surface area contributed by atoms with E-state index in [0.717, 1.165) is 42.1 Å². The van der Waals surface area contributed by atoms with Crippen LogP contribution in [0.1, 0.15) is 23.7 Å². The summed E-state index contributed by atoms with van der Waals surface area (Å²) in [4.78, 5) is 37.0. The first-order chi connectivity index (χ1) is 17.0. The van der Waals surface area contributed by atoms with Gasteiger partial charge < -0.3 is 20.4 Å². The molecule has 2 amide bonds. The van der Waals surface area contributed by atoms with Crippen LogP contribution in [0.15, 0.2) is 60.8 Å². The molecule has 0 spiro atoms. The van der Waals surface area contributed by atoms with Crippen molar-refractivity contribution < 1.29 is 9.59 Å². The summed E-state index contributed by atoms with van der Waals surface area (Å²) in [5, 5.41) is 14.4. The second-order valence-corrected chi connectivity index (χ2v) is 8.73. The van der Waals surface area contributed by atoms with Crippen LogP contribution in [0.4, 0.5) is 17.3 Å². The first-order valence-electron chi connectivity index (χ1n) is 11.5. The van der Waals surface area contributed by atoms with Crippen molar-refractivity contribution in [1.29, 1.82) is 5.26 Å². The quantitative estimate of drug-likeness (QED) is 0.536. The Morgan fingerprint density at radius 3 is 2.43 bits per heavy atom. The summed E-state index contributed by atoms with van der Waals surface area (Å²) in [5.74, 6) is 0.358. The molecule has 0 aliphatic carbocycles. The molecule has 3 aromatic rings. The molecular weight excluding hydrogens is 442 g/mol. The number of nitrogens with one attached hydrogen (secondary N) is 2. The number of carbonyl (C=O) groups excluding carboxylic acids is 2. The number of amides is 2. The van der Waals surface area contributed by atoms with Gasteiger partial charge in [0.15, 0.2) is 0 Å². The molecule has 6 rings (SSSR count). The maximum Gasteiger partial charge on any atom is 0.252 e. The van der Waals surface area contributed by atoms with Gasteiger partial charge in [-0.15, -0.1) is 0 Å². The average molecular weight is 468 g/mol. The van der Waals surface area contributed by atoms with Gasteiger partial charge in [-0.25, -0.2) is 9.97 Å². The monoisotopic (exact) mass is 467 g/mol. The minimum absolute atomic E-state index is 0.0277. The smallest absolute Gasteiger partial charge is 0.252 e. The molecule has 2 bridgehead atoms. The van der Waals surface area contributed by atoms with Crippen LogP contribution >= 0.6 is 0 Å². The molecule has 9 heteroatoms. The lowest BCUT2D eigenvalue weighted by Gasteiger charge is -2.56. The molecule has 3 fully saturated rings. The number of benzene rings is 2. The van der Waals surface area contributed by atoms with Crippen LogP contribution in [-0.4, -0.2) is 58.4 Å². The van der Waals surface area contributed by atoms with E-state index in [1.807, 2.05) is 41.3 Å². The molecule has 35 heavy (non-hydrogen) atoms. The van der Waals surface area contributed by atoms with E-state index in [1.165, 1.54) is 0 Å². The first-order valence-corrected chi connectivity index (χ1v) is 11.5. The lowest BCUT2D eigenvalue weighted by molar-refractivity contribution is -0.143. The zero-order valence-corrected chi connectivity index (χ0v) is 19.3. The van der Waals surface area contributed by atoms with Crippen LogP contribution < -0.4 is 15.5 Å². The van der Waals surface area contributed by atoms with Gasteiger partial charge in [0.2, 0.25) is 11.9 Å². The van der Waals surface area contributed by atoms with E-state index in [9.17, 15) is 9.59 Å². The van der Waals surface area contributed by atoms with E-state index in [1.54, 1.807) is 25.3 Å². The summed E-state index contributed by atoms with van der Waals surface area (Å²) < 4.78 is 0. The van der Waals surface area contributed by atoms with Crippen molar-refractivity contribution in [2.75, 3.05) is 29.9 Å². The summed E-state index contributed by atoms with van der Waals surface area (Å²) in [6.07, 6.45) is 2.79. The minimum Gasteiger partial charge on any atom is -0.367 e. The second-order valence-electron chi connectivity index (χ2n) is 8.73. The van der Waals surface area contributed by atoms with E-state index in [2.05, 4.69) is 37.6 Å². The number of nitriles is 1. The van der Waals surface area contributed by atoms with Crippen molar-refractivity contribution in [3.05, 3.63) is 66.4 Å². The van der Waals surface area contributed by atoms with E-state index in [4.69, 9.17) is 5.26 Å². The lowest BCUT2D eigenvalue weighted by atomic mass is 9.87. The molecule has 2 N–H and O–H groups in total. The fraction of sp³-hybridized carbons (Fsp3) is 0.269. The highest BCUT2D eigenvalue weighted by molar-refractivity contribution is 5.94. The fourth-order valence-electron chi connectivity index (χ4n) is 4.81. The molecule has 9 nitrogen and oxygen atoms in total. The molecule has 2 unspecified atom stereocenters. The number of hydrogen-bond acceptors (Lipinski definition) is 7. The van der Waals surface area contributed by atoms with Gasteiger partial charge in [-0.05, 0) is 48.9 Å². The normalized spacial score (nSPS) is 18.3. The van der Waals surface area contributed by atoms with Gasteiger partial charge in [0.1, 0.15) is 6.54 Å². The molecule has 0 saturated carbocycles. The topological polar surface area (TPSA) is 114 Å². The number of hydrogen-bond donors (Lipinski definition) is 2. The number of piperidine rings is 1. The van der Waals surface area contributed by atoms with Gasteiger partial charge in [0.25, 0.3) is 5.91 Å². The van der Waals surface area contributed by atoms with Crippen LogP contribution in [0.25, 0.3) is 11.3 Å². The summed E-state index contributed by atoms with van der Waals surface area (Å²) in [5.41, 5.74) is 4.08. The number of carbonyl (C=O) groups is 2. The standard InChI is InChI=1S/C26H25N7O2/c1-17(34)33-22-14-23(33)16-32(15-22)21-8-6-20(7-9-21)30-26-29-12-10-24(31-26)18-2-4-19(5-3-18)25(35)28-13-11-27/h2-10,12,22-23H,13-16H2,1H3,(H,28,35)(H,29,30,31). The van der Waals surface area contributed by atoms with Gasteiger partial charge in [-0.2, -0.15) is 5.26 Å². The molecule has 3 saturated heterocycles. The predicted octanol–water partition coefficient (Wildman–Crippen LogP) is 2.95. The molecule has 4 heterocycles. The molecule has 0 radical (unpaired) electrons. The third-order valence-corrected chi connectivity index (χ3v) is 6.47. The number of piperazine rings is 1. The lowest BCUT2D eigenvalue weighted by Crippen LogP contribution is -2.69. The summed E-state index contributed by atoms with van der Waals surface area (Å²) in [6, 6.07) is 19.5. The molecule has 3 aliphatic rings. The Morgan fingerprint density at radius 2 is 1.77 bits per heavy atom. The SMILES string of the molecule is CC(=O)N1C2CC1CN(c1ccc(Nc3nccc(-c4ccc(C(=O)NCC#N)cc4)n3)cc1)C2. The molecule has 3 aliphatic heterocycles. The summed E-state index contributed by atoms with van der Waals surface area (Å²) >= 11 is 0. The number of rotatable bonds is 6. The Hall–Kier alpha value is -4.45. The maximum absolute atomic E-state index is 12.0. The highest BCUT2D eigenvalue weighted by Gasteiger charge is 2.45. The highest BCUT2D eigenvalue weighted by atomic mass is 16.2. The van der Waals surface area contributed by atoms with Gasteiger partial charge >= 0.3 is 0 Å². The molecule has 2 aromatic carbocycles. The highest BCUT2D eigenvalue weighted by Crippen LogP contribution is 2.35. The number of nitrogens with zero attached hydrogens (tertiary/aromatic N) is 5. The van der Waals surface area contributed by atoms with E-state index in [0.29, 0.717) is 23.6 Å². The van der Waals surface area contributed by atoms with Crippen molar-refractivity contribution in [3.8, 4) is 17.3 Å². The number of anilines is 3. The molecule has 1 aromatic heterocycles. The molecule has 2 atom stereocenters. The van der Waals surface area contributed by atoms with Crippen molar-refractivity contribution in [1.82, 2.24) is 20.2 Å². The van der Waals surface area contributed by atoms with Crippen LogP contribution in [-0.2, 0) is 4.79 Å². The fourth-order valence-corrected chi connectivity index (χ4v) is 4.81. The van der Waals surface area contributed by atoms with Crippen molar-refractivity contribution in [2.45, 2.75) is 25.4 Å². The Morgan fingerprint density at radius 1 is 1.06 bits per heavy atom. The zero-order valence-electron chi connectivity index (χ0n) is 19.3.